The molecule has 1 heterocycles. The van der Waals surface area contributed by atoms with E-state index in [0.29, 0.717) is 23.1 Å². The fraction of sp³-hybridized carbons (Fsp3) is 0.474. The average Bonchev–Trinajstić information content (AvgIpc) is 2.93. The Morgan fingerprint density at radius 3 is 2.64 bits per heavy atom. The van der Waals surface area contributed by atoms with Crippen LogP contribution in [0.25, 0.3) is 0 Å². The highest BCUT2D eigenvalue weighted by Crippen LogP contribution is 2.58. The van der Waals surface area contributed by atoms with Crippen molar-refractivity contribution in [1.29, 1.82) is 0 Å². The molecule has 22 heavy (non-hydrogen) atoms. The van der Waals surface area contributed by atoms with Crippen LogP contribution in [0.2, 0.25) is 0 Å². The molecular formula is C19H20O3. The van der Waals surface area contributed by atoms with E-state index < -0.39 is 0 Å². The molecule has 3 nitrogen and oxygen atoms in total. The zero-order valence-electron chi connectivity index (χ0n) is 13.3. The van der Waals surface area contributed by atoms with Gasteiger partial charge in [-0.1, -0.05) is 38.8 Å². The maximum absolute atomic E-state index is 13.0. The summed E-state index contributed by atoms with van der Waals surface area (Å²) in [6.45, 7) is 6.62. The SMILES string of the molecule is CC1(C)CCC[C@@]2(C)C1=CCC1=C2C(=O)c2occc2C1=O. The Morgan fingerprint density at radius 1 is 1.09 bits per heavy atom. The minimum atomic E-state index is -0.327. The molecule has 0 aromatic carbocycles. The topological polar surface area (TPSA) is 47.3 Å². The zero-order valence-corrected chi connectivity index (χ0v) is 13.3. The molecule has 4 rings (SSSR count). The first-order chi connectivity index (χ1) is 10.4. The second-order valence-electron chi connectivity index (χ2n) is 7.57. The highest BCUT2D eigenvalue weighted by Gasteiger charge is 2.51. The van der Waals surface area contributed by atoms with Crippen molar-refractivity contribution in [2.45, 2.75) is 46.5 Å². The van der Waals surface area contributed by atoms with Gasteiger partial charge in [-0.05, 0) is 30.7 Å². The number of carbonyl (C=O) groups excluding carboxylic acids is 2. The summed E-state index contributed by atoms with van der Waals surface area (Å²) >= 11 is 0. The predicted molar refractivity (Wildman–Crippen MR) is 82.8 cm³/mol. The molecule has 1 aromatic heterocycles. The Morgan fingerprint density at radius 2 is 1.86 bits per heavy atom. The average molecular weight is 296 g/mol. The molecule has 3 aliphatic carbocycles. The number of rotatable bonds is 0. The summed E-state index contributed by atoms with van der Waals surface area (Å²) in [6, 6.07) is 1.62. The number of ketones is 2. The van der Waals surface area contributed by atoms with Crippen LogP contribution < -0.4 is 0 Å². The van der Waals surface area contributed by atoms with Crippen molar-refractivity contribution in [3.8, 4) is 0 Å². The summed E-state index contributed by atoms with van der Waals surface area (Å²) in [5.74, 6) is 0.119. The van der Waals surface area contributed by atoms with Crippen molar-refractivity contribution in [3.63, 3.8) is 0 Å². The van der Waals surface area contributed by atoms with E-state index in [4.69, 9.17) is 4.42 Å². The minimum Gasteiger partial charge on any atom is -0.460 e. The van der Waals surface area contributed by atoms with Crippen molar-refractivity contribution >= 4 is 11.6 Å². The molecule has 1 atom stereocenters. The van der Waals surface area contributed by atoms with E-state index in [9.17, 15) is 9.59 Å². The number of carbonyl (C=O) groups is 2. The fourth-order valence-corrected chi connectivity index (χ4v) is 4.83. The lowest BCUT2D eigenvalue weighted by atomic mass is 9.53. The van der Waals surface area contributed by atoms with Crippen LogP contribution in [-0.4, -0.2) is 11.6 Å². The molecule has 3 aliphatic rings. The molecule has 0 N–H and O–H groups in total. The molecule has 1 fully saturated rings. The lowest BCUT2D eigenvalue weighted by Crippen LogP contribution is -2.42. The molecule has 0 bridgehead atoms. The van der Waals surface area contributed by atoms with E-state index in [1.165, 1.54) is 11.8 Å². The summed E-state index contributed by atoms with van der Waals surface area (Å²) in [5.41, 5.74) is 2.89. The summed E-state index contributed by atoms with van der Waals surface area (Å²) in [7, 11) is 0. The smallest absolute Gasteiger partial charge is 0.226 e. The largest absolute Gasteiger partial charge is 0.460 e. The summed E-state index contributed by atoms with van der Waals surface area (Å²) in [4.78, 5) is 25.7. The van der Waals surface area contributed by atoms with Crippen LogP contribution in [0.4, 0.5) is 0 Å². The third kappa shape index (κ3) is 1.52. The second kappa shape index (κ2) is 4.09. The van der Waals surface area contributed by atoms with Crippen LogP contribution in [0.15, 0.2) is 39.5 Å². The molecule has 0 radical (unpaired) electrons. The van der Waals surface area contributed by atoms with Gasteiger partial charge in [0.2, 0.25) is 5.78 Å². The number of hydrogen-bond acceptors (Lipinski definition) is 3. The van der Waals surface area contributed by atoms with Crippen LogP contribution in [0, 0.1) is 10.8 Å². The quantitative estimate of drug-likeness (QED) is 0.662. The maximum atomic E-state index is 13.0. The van der Waals surface area contributed by atoms with Crippen LogP contribution in [0.3, 0.4) is 0 Å². The third-order valence-electron chi connectivity index (χ3n) is 5.78. The molecule has 1 aromatic rings. The van der Waals surface area contributed by atoms with E-state index in [0.717, 1.165) is 19.3 Å². The summed E-state index contributed by atoms with van der Waals surface area (Å²) in [5, 5.41) is 0. The van der Waals surface area contributed by atoms with Crippen LogP contribution in [-0.2, 0) is 0 Å². The highest BCUT2D eigenvalue weighted by atomic mass is 16.3. The maximum Gasteiger partial charge on any atom is 0.226 e. The van der Waals surface area contributed by atoms with E-state index >= 15 is 0 Å². The van der Waals surface area contributed by atoms with Gasteiger partial charge < -0.3 is 4.42 Å². The third-order valence-corrected chi connectivity index (χ3v) is 5.78. The Balaban J connectivity index is 1.93. The van der Waals surface area contributed by atoms with Crippen molar-refractivity contribution in [1.82, 2.24) is 0 Å². The minimum absolute atomic E-state index is 0.0294. The number of Topliss-reactive ketones (excluding diaryl/α,β-unsaturated/α-hetero) is 2. The monoisotopic (exact) mass is 296 g/mol. The Kier molecular flexibility index (Phi) is 2.56. The Bertz CT molecular complexity index is 772. The van der Waals surface area contributed by atoms with E-state index in [2.05, 4.69) is 26.8 Å². The Labute approximate surface area is 130 Å². The van der Waals surface area contributed by atoms with Gasteiger partial charge in [0.05, 0.1) is 11.8 Å². The van der Waals surface area contributed by atoms with Gasteiger partial charge in [0, 0.05) is 16.6 Å². The Hall–Kier alpha value is -1.90. The van der Waals surface area contributed by atoms with Crippen LogP contribution in [0.5, 0.6) is 0 Å². The van der Waals surface area contributed by atoms with Gasteiger partial charge in [0.1, 0.15) is 0 Å². The van der Waals surface area contributed by atoms with E-state index in [-0.39, 0.29) is 28.2 Å². The second-order valence-corrected chi connectivity index (χ2v) is 7.57. The number of allylic oxidation sites excluding steroid dienone is 4. The first-order valence-electron chi connectivity index (χ1n) is 7.98. The summed E-state index contributed by atoms with van der Waals surface area (Å²) in [6.07, 6.45) is 7.35. The molecule has 0 saturated heterocycles. The van der Waals surface area contributed by atoms with E-state index in [1.807, 2.05) is 0 Å². The molecule has 114 valence electrons. The van der Waals surface area contributed by atoms with E-state index in [1.54, 1.807) is 6.07 Å². The standard InChI is InChI=1S/C19H20O3/c1-18(2)8-4-9-19(3)13(18)6-5-11-14(19)16(21)17-12(15(11)20)7-10-22-17/h6-7,10H,4-5,8-9H2,1-3H3/t19-/m0/s1. The van der Waals surface area contributed by atoms with Gasteiger partial charge in [-0.3, -0.25) is 9.59 Å². The summed E-state index contributed by atoms with van der Waals surface area (Å²) < 4.78 is 5.34. The van der Waals surface area contributed by atoms with Crippen molar-refractivity contribution in [2.75, 3.05) is 0 Å². The number of hydrogen-bond donors (Lipinski definition) is 0. The first kappa shape index (κ1) is 13.7. The van der Waals surface area contributed by atoms with Crippen molar-refractivity contribution in [3.05, 3.63) is 46.4 Å². The molecule has 0 unspecified atom stereocenters. The van der Waals surface area contributed by atoms with Crippen LogP contribution in [0.1, 0.15) is 67.4 Å². The lowest BCUT2D eigenvalue weighted by molar-refractivity contribution is 0.0914. The normalized spacial score (nSPS) is 29.7. The molecule has 1 saturated carbocycles. The lowest BCUT2D eigenvalue weighted by Gasteiger charge is -2.49. The molecule has 0 amide bonds. The molecule has 0 spiro atoms. The molecule has 3 heteroatoms. The first-order valence-corrected chi connectivity index (χ1v) is 7.98. The fourth-order valence-electron chi connectivity index (χ4n) is 4.83. The number of fused-ring (bicyclic) bond motifs is 3. The predicted octanol–water partition coefficient (Wildman–Crippen LogP) is 4.50. The van der Waals surface area contributed by atoms with Crippen LogP contribution >= 0.6 is 0 Å². The number of furan rings is 1. The van der Waals surface area contributed by atoms with Gasteiger partial charge in [-0.25, -0.2) is 0 Å². The van der Waals surface area contributed by atoms with Gasteiger partial charge in [0.15, 0.2) is 11.5 Å². The van der Waals surface area contributed by atoms with Gasteiger partial charge >= 0.3 is 0 Å². The zero-order chi connectivity index (χ0) is 15.7. The van der Waals surface area contributed by atoms with Gasteiger partial charge in [0.25, 0.3) is 0 Å². The van der Waals surface area contributed by atoms with Crippen molar-refractivity contribution < 1.29 is 14.0 Å². The van der Waals surface area contributed by atoms with Crippen molar-refractivity contribution in [2.24, 2.45) is 10.8 Å². The highest BCUT2D eigenvalue weighted by molar-refractivity contribution is 6.26. The van der Waals surface area contributed by atoms with Gasteiger partial charge in [-0.2, -0.15) is 0 Å². The molecule has 0 aliphatic heterocycles. The van der Waals surface area contributed by atoms with Gasteiger partial charge in [-0.15, -0.1) is 0 Å². The molecular weight excluding hydrogens is 276 g/mol.